The van der Waals surface area contributed by atoms with Crippen molar-refractivity contribution in [3.05, 3.63) is 38.9 Å². The van der Waals surface area contributed by atoms with Crippen LogP contribution in [-0.2, 0) is 0 Å². The van der Waals surface area contributed by atoms with E-state index in [9.17, 15) is 14.9 Å². The normalized spacial score (nSPS) is 9.20. The summed E-state index contributed by atoms with van der Waals surface area (Å²) < 4.78 is 0. The van der Waals surface area contributed by atoms with Crippen molar-refractivity contribution in [3.8, 4) is 0 Å². The number of nitro benzene ring substituents is 1. The number of carboxylic acids is 1. The topological polar surface area (TPSA) is 80.4 Å². The van der Waals surface area contributed by atoms with Crippen molar-refractivity contribution in [2.75, 3.05) is 0 Å². The smallest absolute Gasteiger partial charge is 0.335 e. The maximum Gasteiger partial charge on any atom is 0.335 e. The third kappa shape index (κ3) is 3.09. The standard InChI is InChI=1S/C9H9NO4.K/c1-5-6(2)8(10(13)14)4-3-7(5)9(11)12;/h3-4H,1-2H3,(H,11,12);. The van der Waals surface area contributed by atoms with Crippen molar-refractivity contribution < 1.29 is 14.8 Å². The molecule has 0 atom stereocenters. The number of nitrogens with zero attached hydrogens (tertiary/aromatic N) is 1. The zero-order chi connectivity index (χ0) is 10.9. The third-order valence-electron chi connectivity index (χ3n) is 2.19. The van der Waals surface area contributed by atoms with Gasteiger partial charge in [0.25, 0.3) is 5.69 Å². The number of hydrogen-bond acceptors (Lipinski definition) is 3. The van der Waals surface area contributed by atoms with E-state index >= 15 is 0 Å². The number of carbonyl (C=O) groups is 1. The Kier molecular flexibility index (Phi) is 5.61. The van der Waals surface area contributed by atoms with E-state index in [4.69, 9.17) is 5.11 Å². The third-order valence-corrected chi connectivity index (χ3v) is 2.19. The summed E-state index contributed by atoms with van der Waals surface area (Å²) in [6, 6.07) is 2.47. The van der Waals surface area contributed by atoms with Crippen LogP contribution in [0.1, 0.15) is 21.5 Å². The Morgan fingerprint density at radius 1 is 1.33 bits per heavy atom. The van der Waals surface area contributed by atoms with E-state index in [1.165, 1.54) is 12.1 Å². The molecule has 0 saturated carbocycles. The minimum atomic E-state index is -1.07. The predicted octanol–water partition coefficient (Wildman–Crippen LogP) is 1.53. The van der Waals surface area contributed by atoms with Gasteiger partial charge in [-0.3, -0.25) is 10.1 Å². The van der Waals surface area contributed by atoms with Crippen LogP contribution >= 0.6 is 0 Å². The molecule has 1 N–H and O–H groups in total. The zero-order valence-electron chi connectivity index (χ0n) is 8.77. The first-order valence-corrected chi connectivity index (χ1v) is 3.93. The van der Waals surface area contributed by atoms with Crippen molar-refractivity contribution in [3.63, 3.8) is 0 Å². The van der Waals surface area contributed by atoms with Crippen LogP contribution in [0.5, 0.6) is 0 Å². The largest absolute Gasteiger partial charge is 0.478 e. The Hall–Kier alpha value is -0.274. The average molecular weight is 234 g/mol. The Morgan fingerprint density at radius 3 is 2.27 bits per heavy atom. The SMILES string of the molecule is Cc1c(C(=O)O)ccc([N+](=O)[O-])c1C.[K]. The average Bonchev–Trinajstić information content (AvgIpc) is 2.08. The van der Waals surface area contributed by atoms with E-state index in [0.717, 1.165) is 0 Å². The van der Waals surface area contributed by atoms with Crippen LogP contribution in [0, 0.1) is 24.0 Å². The molecule has 1 rings (SSSR count). The Bertz CT molecular complexity index is 378. The minimum absolute atomic E-state index is 0. The molecule has 0 fully saturated rings. The van der Waals surface area contributed by atoms with Gasteiger partial charge in [0, 0.05) is 63.0 Å². The van der Waals surface area contributed by atoms with E-state index in [-0.39, 0.29) is 62.6 Å². The van der Waals surface area contributed by atoms with Gasteiger partial charge in [-0.05, 0) is 25.5 Å². The van der Waals surface area contributed by atoms with Crippen LogP contribution in [0.4, 0.5) is 5.69 Å². The van der Waals surface area contributed by atoms with Gasteiger partial charge >= 0.3 is 5.97 Å². The Morgan fingerprint density at radius 2 is 1.87 bits per heavy atom. The van der Waals surface area contributed by atoms with Gasteiger partial charge in [-0.15, -0.1) is 0 Å². The molecule has 0 spiro atoms. The van der Waals surface area contributed by atoms with E-state index < -0.39 is 10.9 Å². The molecule has 1 aromatic carbocycles. The van der Waals surface area contributed by atoms with Crippen LogP contribution in [0.15, 0.2) is 12.1 Å². The van der Waals surface area contributed by atoms with E-state index in [1.807, 2.05) is 0 Å². The van der Waals surface area contributed by atoms with Gasteiger partial charge in [-0.1, -0.05) is 0 Å². The molecular weight excluding hydrogens is 225 g/mol. The van der Waals surface area contributed by atoms with E-state index in [1.54, 1.807) is 13.8 Å². The summed E-state index contributed by atoms with van der Waals surface area (Å²) in [7, 11) is 0. The van der Waals surface area contributed by atoms with Gasteiger partial charge in [0.2, 0.25) is 0 Å². The molecule has 5 nitrogen and oxygen atoms in total. The zero-order valence-corrected chi connectivity index (χ0v) is 11.9. The number of hydrogen-bond donors (Lipinski definition) is 1. The van der Waals surface area contributed by atoms with Crippen molar-refractivity contribution >= 4 is 63.0 Å². The summed E-state index contributed by atoms with van der Waals surface area (Å²) in [5, 5.41) is 19.3. The molecule has 75 valence electrons. The van der Waals surface area contributed by atoms with Crippen LogP contribution in [0.25, 0.3) is 0 Å². The fourth-order valence-corrected chi connectivity index (χ4v) is 1.24. The summed E-state index contributed by atoms with van der Waals surface area (Å²) in [6.07, 6.45) is 0. The first-order chi connectivity index (χ1) is 6.45. The maximum atomic E-state index is 10.7. The number of aromatic carboxylic acids is 1. The van der Waals surface area contributed by atoms with Gasteiger partial charge in [0.15, 0.2) is 0 Å². The van der Waals surface area contributed by atoms with Crippen LogP contribution < -0.4 is 0 Å². The van der Waals surface area contributed by atoms with Crippen molar-refractivity contribution in [2.45, 2.75) is 13.8 Å². The second-order valence-corrected chi connectivity index (χ2v) is 2.94. The van der Waals surface area contributed by atoms with E-state index in [0.29, 0.717) is 11.1 Å². The molecule has 0 aliphatic carbocycles. The summed E-state index contributed by atoms with van der Waals surface area (Å²) in [5.41, 5.74) is 0.891. The second-order valence-electron chi connectivity index (χ2n) is 2.94. The molecule has 15 heavy (non-hydrogen) atoms. The first kappa shape index (κ1) is 14.7. The molecule has 0 aliphatic rings. The predicted molar refractivity (Wildman–Crippen MR) is 55.3 cm³/mol. The Labute approximate surface area is 129 Å². The molecule has 0 saturated heterocycles. The monoisotopic (exact) mass is 234 g/mol. The van der Waals surface area contributed by atoms with E-state index in [2.05, 4.69) is 0 Å². The van der Waals surface area contributed by atoms with Gasteiger partial charge in [0.1, 0.15) is 0 Å². The van der Waals surface area contributed by atoms with Crippen molar-refractivity contribution in [1.82, 2.24) is 0 Å². The maximum absolute atomic E-state index is 10.7. The van der Waals surface area contributed by atoms with Crippen LogP contribution in [0.2, 0.25) is 0 Å². The number of rotatable bonds is 2. The molecule has 1 radical (unpaired) electrons. The van der Waals surface area contributed by atoms with Crippen LogP contribution in [-0.4, -0.2) is 67.4 Å². The molecule has 0 amide bonds. The summed E-state index contributed by atoms with van der Waals surface area (Å²) in [6.45, 7) is 3.10. The number of benzene rings is 1. The second kappa shape index (κ2) is 5.71. The molecule has 0 aromatic heterocycles. The molecule has 6 heteroatoms. The Balaban J connectivity index is 0.00000196. The fraction of sp³-hybridized carbons (Fsp3) is 0.222. The molecule has 0 heterocycles. The van der Waals surface area contributed by atoms with Gasteiger partial charge in [-0.25, -0.2) is 4.79 Å². The number of nitro groups is 1. The van der Waals surface area contributed by atoms with Crippen molar-refractivity contribution in [1.29, 1.82) is 0 Å². The van der Waals surface area contributed by atoms with Gasteiger partial charge in [-0.2, -0.15) is 0 Å². The molecule has 0 bridgehead atoms. The van der Waals surface area contributed by atoms with Gasteiger partial charge in [0.05, 0.1) is 10.5 Å². The van der Waals surface area contributed by atoms with Crippen LogP contribution in [0.3, 0.4) is 0 Å². The summed E-state index contributed by atoms with van der Waals surface area (Å²) >= 11 is 0. The van der Waals surface area contributed by atoms with Crippen molar-refractivity contribution in [2.24, 2.45) is 0 Å². The first-order valence-electron chi connectivity index (χ1n) is 3.93. The summed E-state index contributed by atoms with van der Waals surface area (Å²) in [5.74, 6) is -1.07. The quantitative estimate of drug-likeness (QED) is 0.478. The minimum Gasteiger partial charge on any atom is -0.478 e. The molecule has 0 aliphatic heterocycles. The molecule has 1 aromatic rings. The number of carboxylic acid groups (broad SMARTS) is 1. The fourth-order valence-electron chi connectivity index (χ4n) is 1.24. The molecular formula is C9H9KNO4. The van der Waals surface area contributed by atoms with Gasteiger partial charge < -0.3 is 5.11 Å². The summed E-state index contributed by atoms with van der Waals surface area (Å²) in [4.78, 5) is 20.7. The molecule has 0 unspecified atom stereocenters.